The van der Waals surface area contributed by atoms with Crippen LogP contribution in [0.5, 0.6) is 0 Å². The SMILES string of the molecule is CCC(=O)C1(c2ccccc2)CC[C@H]2NCCC[C@@H]2C1. The number of fused-ring (bicyclic) bond motifs is 1. The van der Waals surface area contributed by atoms with Crippen molar-refractivity contribution in [3.05, 3.63) is 35.9 Å². The van der Waals surface area contributed by atoms with Gasteiger partial charge < -0.3 is 5.32 Å². The molecule has 3 atom stereocenters. The van der Waals surface area contributed by atoms with Gasteiger partial charge in [0.15, 0.2) is 0 Å². The minimum atomic E-state index is -0.212. The number of piperidine rings is 1. The van der Waals surface area contributed by atoms with Gasteiger partial charge in [0, 0.05) is 12.5 Å². The van der Waals surface area contributed by atoms with Crippen molar-refractivity contribution < 1.29 is 4.79 Å². The summed E-state index contributed by atoms with van der Waals surface area (Å²) >= 11 is 0. The monoisotopic (exact) mass is 271 g/mol. The third kappa shape index (κ3) is 2.31. The zero-order valence-electron chi connectivity index (χ0n) is 12.4. The number of Topliss-reactive ketones (excluding diaryl/α,β-unsaturated/α-hetero) is 1. The summed E-state index contributed by atoms with van der Waals surface area (Å²) in [7, 11) is 0. The maximum Gasteiger partial charge on any atom is 0.143 e. The number of carbonyl (C=O) groups excluding carboxylic acids is 1. The summed E-state index contributed by atoms with van der Waals surface area (Å²) in [5.74, 6) is 1.11. The molecular weight excluding hydrogens is 246 g/mol. The van der Waals surface area contributed by atoms with Gasteiger partial charge in [-0.15, -0.1) is 0 Å². The molecule has 20 heavy (non-hydrogen) atoms. The van der Waals surface area contributed by atoms with Crippen LogP contribution in [0.4, 0.5) is 0 Å². The summed E-state index contributed by atoms with van der Waals surface area (Å²) in [5, 5.41) is 3.66. The Balaban J connectivity index is 1.93. The topological polar surface area (TPSA) is 29.1 Å². The Morgan fingerprint density at radius 2 is 2.10 bits per heavy atom. The first kappa shape index (κ1) is 13.8. The van der Waals surface area contributed by atoms with E-state index in [9.17, 15) is 4.79 Å². The van der Waals surface area contributed by atoms with Gasteiger partial charge in [0.2, 0.25) is 0 Å². The van der Waals surface area contributed by atoms with E-state index in [2.05, 4.69) is 29.6 Å². The van der Waals surface area contributed by atoms with Crippen LogP contribution in [0.15, 0.2) is 30.3 Å². The largest absolute Gasteiger partial charge is 0.314 e. The predicted molar refractivity (Wildman–Crippen MR) is 81.8 cm³/mol. The van der Waals surface area contributed by atoms with Gasteiger partial charge in [-0.1, -0.05) is 37.3 Å². The second-order valence-corrected chi connectivity index (χ2v) is 6.43. The Kier molecular flexibility index (Phi) is 3.93. The highest BCUT2D eigenvalue weighted by Gasteiger charge is 2.46. The van der Waals surface area contributed by atoms with Crippen LogP contribution in [0.3, 0.4) is 0 Å². The molecule has 1 heterocycles. The second-order valence-electron chi connectivity index (χ2n) is 6.43. The van der Waals surface area contributed by atoms with E-state index < -0.39 is 0 Å². The molecule has 2 nitrogen and oxygen atoms in total. The van der Waals surface area contributed by atoms with Crippen LogP contribution in [0.2, 0.25) is 0 Å². The first-order valence-corrected chi connectivity index (χ1v) is 8.08. The first-order chi connectivity index (χ1) is 9.76. The normalized spacial score (nSPS) is 33.5. The quantitative estimate of drug-likeness (QED) is 0.912. The van der Waals surface area contributed by atoms with Gasteiger partial charge in [-0.3, -0.25) is 4.79 Å². The summed E-state index contributed by atoms with van der Waals surface area (Å²) in [6.45, 7) is 3.17. The lowest BCUT2D eigenvalue weighted by Crippen LogP contribution is -2.51. The molecule has 1 saturated carbocycles. The number of ketones is 1. The van der Waals surface area contributed by atoms with Gasteiger partial charge in [-0.25, -0.2) is 0 Å². The Hall–Kier alpha value is -1.15. The molecule has 1 N–H and O–H groups in total. The summed E-state index contributed by atoms with van der Waals surface area (Å²) in [4.78, 5) is 12.7. The van der Waals surface area contributed by atoms with Crippen LogP contribution < -0.4 is 5.32 Å². The summed E-state index contributed by atoms with van der Waals surface area (Å²) in [5.41, 5.74) is 1.03. The van der Waals surface area contributed by atoms with Crippen molar-refractivity contribution in [3.8, 4) is 0 Å². The highest BCUT2D eigenvalue weighted by Crippen LogP contribution is 2.45. The van der Waals surface area contributed by atoms with E-state index in [1.807, 2.05) is 13.0 Å². The molecule has 1 aromatic rings. The summed E-state index contributed by atoms with van der Waals surface area (Å²) in [6.07, 6.45) is 6.39. The standard InChI is InChI=1S/C18H25NO/c1-2-17(20)18(15-8-4-3-5-9-15)11-10-16-14(13-18)7-6-12-19-16/h3-5,8-9,14,16,19H,2,6-7,10-13H2,1H3/t14-,16-,18?/m1/s1. The fourth-order valence-electron chi connectivity index (χ4n) is 4.33. The van der Waals surface area contributed by atoms with E-state index in [1.165, 1.54) is 18.4 Å². The summed E-state index contributed by atoms with van der Waals surface area (Å²) < 4.78 is 0. The minimum Gasteiger partial charge on any atom is -0.314 e. The van der Waals surface area contributed by atoms with Crippen molar-refractivity contribution in [2.75, 3.05) is 6.54 Å². The first-order valence-electron chi connectivity index (χ1n) is 8.08. The number of benzene rings is 1. The lowest BCUT2D eigenvalue weighted by atomic mass is 9.60. The van der Waals surface area contributed by atoms with Crippen LogP contribution in [0.25, 0.3) is 0 Å². The van der Waals surface area contributed by atoms with Crippen LogP contribution in [-0.2, 0) is 10.2 Å². The molecule has 2 heteroatoms. The minimum absolute atomic E-state index is 0.212. The van der Waals surface area contributed by atoms with E-state index in [0.29, 0.717) is 24.2 Å². The molecule has 0 radical (unpaired) electrons. The molecule has 0 spiro atoms. The number of nitrogens with one attached hydrogen (secondary N) is 1. The Morgan fingerprint density at radius 1 is 1.30 bits per heavy atom. The van der Waals surface area contributed by atoms with E-state index in [4.69, 9.17) is 0 Å². The van der Waals surface area contributed by atoms with E-state index >= 15 is 0 Å². The third-order valence-electron chi connectivity index (χ3n) is 5.40. The maximum absolute atomic E-state index is 12.7. The summed E-state index contributed by atoms with van der Waals surface area (Å²) in [6, 6.07) is 11.1. The van der Waals surface area contributed by atoms with Crippen molar-refractivity contribution in [2.45, 2.75) is 56.9 Å². The fraction of sp³-hybridized carbons (Fsp3) is 0.611. The van der Waals surface area contributed by atoms with Crippen molar-refractivity contribution in [1.29, 1.82) is 0 Å². The van der Waals surface area contributed by atoms with Gasteiger partial charge >= 0.3 is 0 Å². The van der Waals surface area contributed by atoms with Crippen LogP contribution in [0.1, 0.15) is 51.0 Å². The molecular formula is C18H25NO. The smallest absolute Gasteiger partial charge is 0.143 e. The molecule has 1 aliphatic carbocycles. The number of hydrogen-bond donors (Lipinski definition) is 1. The lowest BCUT2D eigenvalue weighted by Gasteiger charge is -2.46. The van der Waals surface area contributed by atoms with Crippen LogP contribution in [-0.4, -0.2) is 18.4 Å². The van der Waals surface area contributed by atoms with Gasteiger partial charge in [-0.05, 0) is 50.1 Å². The maximum atomic E-state index is 12.7. The zero-order valence-corrected chi connectivity index (χ0v) is 12.4. The molecule has 0 aromatic heterocycles. The van der Waals surface area contributed by atoms with Gasteiger partial charge in [0.1, 0.15) is 5.78 Å². The van der Waals surface area contributed by atoms with E-state index in [-0.39, 0.29) is 5.41 Å². The van der Waals surface area contributed by atoms with Gasteiger partial charge in [-0.2, -0.15) is 0 Å². The molecule has 0 bridgehead atoms. The van der Waals surface area contributed by atoms with Crippen molar-refractivity contribution in [2.24, 2.45) is 5.92 Å². The predicted octanol–water partition coefficient (Wildman–Crippen LogP) is 3.46. The number of hydrogen-bond acceptors (Lipinski definition) is 2. The highest BCUT2D eigenvalue weighted by molar-refractivity contribution is 5.90. The number of rotatable bonds is 3. The molecule has 108 valence electrons. The molecule has 2 fully saturated rings. The van der Waals surface area contributed by atoms with Crippen molar-refractivity contribution in [1.82, 2.24) is 5.32 Å². The Bertz CT molecular complexity index is 470. The molecule has 2 aliphatic rings. The molecule has 1 aliphatic heterocycles. The third-order valence-corrected chi connectivity index (χ3v) is 5.40. The molecule has 1 saturated heterocycles. The van der Waals surface area contributed by atoms with Crippen LogP contribution >= 0.6 is 0 Å². The average Bonchev–Trinajstić information content (AvgIpc) is 2.54. The molecule has 1 unspecified atom stereocenters. The lowest BCUT2D eigenvalue weighted by molar-refractivity contribution is -0.126. The number of carbonyl (C=O) groups is 1. The van der Waals surface area contributed by atoms with Crippen LogP contribution in [0, 0.1) is 5.92 Å². The average molecular weight is 271 g/mol. The molecule has 1 aromatic carbocycles. The van der Waals surface area contributed by atoms with E-state index in [1.54, 1.807) is 0 Å². The van der Waals surface area contributed by atoms with Crippen molar-refractivity contribution in [3.63, 3.8) is 0 Å². The van der Waals surface area contributed by atoms with Gasteiger partial charge in [0.05, 0.1) is 5.41 Å². The fourth-order valence-corrected chi connectivity index (χ4v) is 4.33. The molecule has 0 amide bonds. The molecule has 3 rings (SSSR count). The van der Waals surface area contributed by atoms with Crippen molar-refractivity contribution >= 4 is 5.78 Å². The Labute approximate surface area is 122 Å². The highest BCUT2D eigenvalue weighted by atomic mass is 16.1. The Morgan fingerprint density at radius 3 is 2.85 bits per heavy atom. The zero-order chi connectivity index (χ0) is 14.0. The second kappa shape index (κ2) is 5.69. The van der Waals surface area contributed by atoms with E-state index in [0.717, 1.165) is 25.8 Å². The van der Waals surface area contributed by atoms with Gasteiger partial charge in [0.25, 0.3) is 0 Å².